The maximum absolute atomic E-state index is 7.52. The Morgan fingerprint density at radius 1 is 1.53 bits per heavy atom. The van der Waals surface area contributed by atoms with Crippen LogP contribution in [0.15, 0.2) is 32.8 Å². The summed E-state index contributed by atoms with van der Waals surface area (Å²) in [7, 11) is 0. The molecule has 0 atom stereocenters. The Hall–Kier alpha value is -1.04. The molecule has 3 nitrogen and oxygen atoms in total. The number of nitrogens with one attached hydrogen (secondary N) is 1. The Labute approximate surface area is 113 Å². The van der Waals surface area contributed by atoms with Crippen LogP contribution in [0.4, 0.5) is 0 Å². The maximum atomic E-state index is 7.52. The summed E-state index contributed by atoms with van der Waals surface area (Å²) in [5.41, 5.74) is 7.21. The van der Waals surface area contributed by atoms with E-state index in [0.29, 0.717) is 10.6 Å². The van der Waals surface area contributed by atoms with Gasteiger partial charge in [-0.05, 0) is 25.1 Å². The minimum absolute atomic E-state index is 0.0393. The number of hydrogen-bond acceptors (Lipinski definition) is 4. The first-order chi connectivity index (χ1) is 8.06. The molecule has 0 amide bonds. The van der Waals surface area contributed by atoms with Gasteiger partial charge in [0.05, 0.1) is 0 Å². The van der Waals surface area contributed by atoms with Crippen LogP contribution in [0.25, 0.3) is 0 Å². The van der Waals surface area contributed by atoms with Crippen LogP contribution in [-0.4, -0.2) is 10.8 Å². The lowest BCUT2D eigenvalue weighted by Crippen LogP contribution is -2.12. The van der Waals surface area contributed by atoms with Crippen molar-refractivity contribution in [1.82, 2.24) is 4.98 Å². The molecule has 0 spiro atoms. The summed E-state index contributed by atoms with van der Waals surface area (Å²) in [6, 6.07) is 5.29. The Morgan fingerprint density at radius 3 is 2.88 bits per heavy atom. The zero-order chi connectivity index (χ0) is 12.4. The van der Waals surface area contributed by atoms with Crippen LogP contribution in [0.5, 0.6) is 0 Å². The molecule has 0 saturated heterocycles. The second-order valence-electron chi connectivity index (χ2n) is 3.41. The number of hydrogen-bond donors (Lipinski definition) is 2. The number of benzene rings is 1. The van der Waals surface area contributed by atoms with E-state index in [1.165, 1.54) is 11.8 Å². The number of nitrogen functional groups attached to an aromatic ring is 1. The minimum atomic E-state index is 0.0393. The smallest absolute Gasteiger partial charge is 0.154 e. The fraction of sp³-hybridized carbons (Fsp3) is 0.0909. The van der Waals surface area contributed by atoms with Crippen LogP contribution in [-0.2, 0) is 0 Å². The molecule has 0 fully saturated rings. The molecule has 88 valence electrons. The van der Waals surface area contributed by atoms with Crippen LogP contribution >= 0.6 is 34.7 Å². The molecule has 0 aliphatic rings. The average molecular weight is 284 g/mol. The van der Waals surface area contributed by atoms with Crippen LogP contribution < -0.4 is 5.73 Å². The Balaban J connectivity index is 2.37. The van der Waals surface area contributed by atoms with E-state index in [1.807, 2.05) is 12.3 Å². The number of nitrogens with two attached hydrogens (primary N) is 1. The third-order valence-corrected chi connectivity index (χ3v) is 4.38. The summed E-state index contributed by atoms with van der Waals surface area (Å²) < 4.78 is 0.923. The van der Waals surface area contributed by atoms with Crippen molar-refractivity contribution in [1.29, 1.82) is 5.41 Å². The van der Waals surface area contributed by atoms with Gasteiger partial charge in [0.1, 0.15) is 5.84 Å². The van der Waals surface area contributed by atoms with E-state index in [9.17, 15) is 0 Å². The third-order valence-electron chi connectivity index (χ3n) is 2.03. The zero-order valence-electron chi connectivity index (χ0n) is 9.03. The molecular weight excluding hydrogens is 274 g/mol. The van der Waals surface area contributed by atoms with E-state index < -0.39 is 0 Å². The molecule has 0 radical (unpaired) electrons. The lowest BCUT2D eigenvalue weighted by Gasteiger charge is -2.06. The molecule has 2 aromatic rings. The molecule has 1 aromatic heterocycles. The summed E-state index contributed by atoms with van der Waals surface area (Å²) in [4.78, 5) is 5.22. The Bertz CT molecular complexity index is 566. The molecular formula is C11H10ClN3S2. The Morgan fingerprint density at radius 2 is 2.29 bits per heavy atom. The highest BCUT2D eigenvalue weighted by molar-refractivity contribution is 8.01. The highest BCUT2D eigenvalue weighted by atomic mass is 35.5. The highest BCUT2D eigenvalue weighted by Crippen LogP contribution is 2.34. The molecule has 0 aliphatic heterocycles. The topological polar surface area (TPSA) is 62.8 Å². The first-order valence-electron chi connectivity index (χ1n) is 4.80. The molecule has 1 heterocycles. The number of thiazole rings is 1. The van der Waals surface area contributed by atoms with Gasteiger partial charge in [-0.2, -0.15) is 0 Å². The number of amidine groups is 1. The molecule has 6 heteroatoms. The summed E-state index contributed by atoms with van der Waals surface area (Å²) in [6.45, 7) is 1.95. The summed E-state index contributed by atoms with van der Waals surface area (Å²) in [6.07, 6.45) is 0. The van der Waals surface area contributed by atoms with Crippen LogP contribution in [0.1, 0.15) is 11.3 Å². The van der Waals surface area contributed by atoms with Crippen LogP contribution in [0, 0.1) is 12.3 Å². The van der Waals surface area contributed by atoms with Crippen molar-refractivity contribution in [3.05, 3.63) is 39.9 Å². The van der Waals surface area contributed by atoms with Crippen molar-refractivity contribution in [3.63, 3.8) is 0 Å². The average Bonchev–Trinajstić information content (AvgIpc) is 2.63. The molecule has 0 aliphatic carbocycles. The van der Waals surface area contributed by atoms with Gasteiger partial charge in [0.15, 0.2) is 4.34 Å². The van der Waals surface area contributed by atoms with Crippen LogP contribution in [0.3, 0.4) is 0 Å². The second kappa shape index (κ2) is 5.08. The molecule has 1 aromatic carbocycles. The highest BCUT2D eigenvalue weighted by Gasteiger charge is 2.10. The van der Waals surface area contributed by atoms with Gasteiger partial charge in [-0.15, -0.1) is 11.3 Å². The molecule has 0 saturated carbocycles. The van der Waals surface area contributed by atoms with Crippen molar-refractivity contribution >= 4 is 40.5 Å². The molecule has 3 N–H and O–H groups in total. The van der Waals surface area contributed by atoms with Crippen molar-refractivity contribution < 1.29 is 0 Å². The van der Waals surface area contributed by atoms with E-state index in [-0.39, 0.29) is 5.84 Å². The van der Waals surface area contributed by atoms with E-state index in [0.717, 1.165) is 14.9 Å². The van der Waals surface area contributed by atoms with Gasteiger partial charge in [0.2, 0.25) is 0 Å². The molecule has 0 bridgehead atoms. The zero-order valence-corrected chi connectivity index (χ0v) is 11.4. The molecule has 17 heavy (non-hydrogen) atoms. The monoisotopic (exact) mass is 283 g/mol. The van der Waals surface area contributed by atoms with Crippen molar-refractivity contribution in [2.45, 2.75) is 16.2 Å². The van der Waals surface area contributed by atoms with Gasteiger partial charge >= 0.3 is 0 Å². The molecule has 0 unspecified atom stereocenters. The largest absolute Gasteiger partial charge is 0.384 e. The first-order valence-corrected chi connectivity index (χ1v) is 6.87. The third kappa shape index (κ3) is 3.00. The fourth-order valence-electron chi connectivity index (χ4n) is 1.28. The minimum Gasteiger partial charge on any atom is -0.384 e. The maximum Gasteiger partial charge on any atom is 0.154 e. The molecule has 2 rings (SSSR count). The van der Waals surface area contributed by atoms with E-state index in [1.54, 1.807) is 29.5 Å². The lowest BCUT2D eigenvalue weighted by molar-refractivity contribution is 1.16. The van der Waals surface area contributed by atoms with Crippen LogP contribution in [0.2, 0.25) is 5.02 Å². The summed E-state index contributed by atoms with van der Waals surface area (Å²) in [5, 5.41) is 10.1. The number of aromatic nitrogens is 1. The van der Waals surface area contributed by atoms with Gasteiger partial charge < -0.3 is 5.73 Å². The lowest BCUT2D eigenvalue weighted by atomic mass is 10.2. The quantitative estimate of drug-likeness (QED) is 0.669. The SMILES string of the molecule is Cc1csc(Sc2cc(Cl)ccc2C(=N)N)n1. The van der Waals surface area contributed by atoms with Crippen molar-refractivity contribution in [2.24, 2.45) is 5.73 Å². The Kier molecular flexibility index (Phi) is 3.71. The number of aryl methyl sites for hydroxylation is 1. The van der Waals surface area contributed by atoms with E-state index >= 15 is 0 Å². The predicted molar refractivity (Wildman–Crippen MR) is 73.4 cm³/mol. The van der Waals surface area contributed by atoms with Crippen molar-refractivity contribution in [3.8, 4) is 0 Å². The number of halogens is 1. The second-order valence-corrected chi connectivity index (χ2v) is 5.99. The number of rotatable bonds is 3. The fourth-order valence-corrected chi connectivity index (χ4v) is 3.49. The first kappa shape index (κ1) is 12.4. The van der Waals surface area contributed by atoms with Gasteiger partial charge in [0, 0.05) is 26.6 Å². The van der Waals surface area contributed by atoms with E-state index in [2.05, 4.69) is 4.98 Å². The predicted octanol–water partition coefficient (Wildman–Crippen LogP) is 3.54. The van der Waals surface area contributed by atoms with Gasteiger partial charge in [-0.1, -0.05) is 23.4 Å². The van der Waals surface area contributed by atoms with Crippen molar-refractivity contribution in [2.75, 3.05) is 0 Å². The summed E-state index contributed by atoms with van der Waals surface area (Å²) >= 11 is 9.00. The van der Waals surface area contributed by atoms with Gasteiger partial charge in [0.25, 0.3) is 0 Å². The normalized spacial score (nSPS) is 10.5. The number of nitrogens with zero attached hydrogens (tertiary/aromatic N) is 1. The standard InChI is InChI=1S/C11H10ClN3S2/c1-6-5-16-11(15-6)17-9-4-7(12)2-3-8(9)10(13)14/h2-5H,1H3,(H3,13,14). The van der Waals surface area contributed by atoms with Gasteiger partial charge in [-0.3, -0.25) is 5.41 Å². The van der Waals surface area contributed by atoms with E-state index in [4.69, 9.17) is 22.7 Å². The summed E-state index contributed by atoms with van der Waals surface area (Å²) in [5.74, 6) is 0.0393. The van der Waals surface area contributed by atoms with Gasteiger partial charge in [-0.25, -0.2) is 4.98 Å².